The summed E-state index contributed by atoms with van der Waals surface area (Å²) in [6, 6.07) is 0. The standard InChI is InChI=1S/C9H19NO4/c1-4(2)6(10)8(13)9(14)7(12)5(3)11/h4-5,7-14H,1-3H3. The molecule has 4 atom stereocenters. The molecule has 0 aromatic carbocycles. The van der Waals surface area contributed by atoms with E-state index in [1.165, 1.54) is 6.92 Å². The highest BCUT2D eigenvalue weighted by molar-refractivity contribution is 5.87. The van der Waals surface area contributed by atoms with Crippen molar-refractivity contribution in [1.29, 1.82) is 5.41 Å². The molecule has 5 nitrogen and oxygen atoms in total. The predicted octanol–water partition coefficient (Wildman–Crippen LogP) is -0.874. The molecule has 0 aromatic heterocycles. The summed E-state index contributed by atoms with van der Waals surface area (Å²) < 4.78 is 0. The summed E-state index contributed by atoms with van der Waals surface area (Å²) in [5.41, 5.74) is -0.0581. The number of nitrogens with one attached hydrogen (secondary N) is 1. The monoisotopic (exact) mass is 205 g/mol. The maximum atomic E-state index is 9.43. The Hall–Kier alpha value is -0.490. The molecular weight excluding hydrogens is 186 g/mol. The van der Waals surface area contributed by atoms with E-state index in [9.17, 15) is 15.3 Å². The van der Waals surface area contributed by atoms with Crippen molar-refractivity contribution in [3.8, 4) is 0 Å². The van der Waals surface area contributed by atoms with Crippen molar-refractivity contribution in [3.05, 3.63) is 0 Å². The van der Waals surface area contributed by atoms with Crippen LogP contribution in [0, 0.1) is 11.3 Å². The van der Waals surface area contributed by atoms with Crippen LogP contribution in [0.25, 0.3) is 0 Å². The summed E-state index contributed by atoms with van der Waals surface area (Å²) in [4.78, 5) is 0. The maximum absolute atomic E-state index is 9.43. The molecule has 14 heavy (non-hydrogen) atoms. The molecule has 0 fully saturated rings. The molecule has 0 aliphatic heterocycles. The van der Waals surface area contributed by atoms with Crippen LogP contribution < -0.4 is 0 Å². The first-order valence-corrected chi connectivity index (χ1v) is 4.59. The van der Waals surface area contributed by atoms with E-state index in [0.717, 1.165) is 0 Å². The Morgan fingerprint density at radius 3 is 1.64 bits per heavy atom. The highest BCUT2D eigenvalue weighted by Crippen LogP contribution is 2.09. The molecule has 0 rings (SSSR count). The third kappa shape index (κ3) is 3.34. The van der Waals surface area contributed by atoms with E-state index in [0.29, 0.717) is 0 Å². The first-order chi connectivity index (χ1) is 6.29. The van der Waals surface area contributed by atoms with Crippen molar-refractivity contribution in [2.24, 2.45) is 5.92 Å². The van der Waals surface area contributed by atoms with Gasteiger partial charge in [-0.2, -0.15) is 0 Å². The quantitative estimate of drug-likeness (QED) is 0.376. The van der Waals surface area contributed by atoms with Gasteiger partial charge in [0.15, 0.2) is 0 Å². The summed E-state index contributed by atoms with van der Waals surface area (Å²) in [6.45, 7) is 4.71. The van der Waals surface area contributed by atoms with Crippen molar-refractivity contribution in [1.82, 2.24) is 0 Å². The normalized spacial score (nSPS) is 20.3. The highest BCUT2D eigenvalue weighted by atomic mass is 16.4. The molecule has 0 aromatic rings. The van der Waals surface area contributed by atoms with Crippen molar-refractivity contribution >= 4 is 5.71 Å². The fourth-order valence-corrected chi connectivity index (χ4v) is 0.998. The number of hydrogen-bond donors (Lipinski definition) is 5. The molecule has 5 N–H and O–H groups in total. The largest absolute Gasteiger partial charge is 0.391 e. The van der Waals surface area contributed by atoms with Gasteiger partial charge in [0.05, 0.1) is 6.10 Å². The fraction of sp³-hybridized carbons (Fsp3) is 0.889. The molecule has 5 heteroatoms. The van der Waals surface area contributed by atoms with E-state index in [-0.39, 0.29) is 11.6 Å². The molecule has 0 heterocycles. The summed E-state index contributed by atoms with van der Waals surface area (Å²) in [5, 5.41) is 44.4. The zero-order chi connectivity index (χ0) is 11.5. The van der Waals surface area contributed by atoms with Crippen LogP contribution in [-0.2, 0) is 0 Å². The molecule has 0 saturated carbocycles. The van der Waals surface area contributed by atoms with E-state index in [1.54, 1.807) is 13.8 Å². The smallest absolute Gasteiger partial charge is 0.120 e. The van der Waals surface area contributed by atoms with E-state index in [1.807, 2.05) is 0 Å². The van der Waals surface area contributed by atoms with Crippen molar-refractivity contribution in [3.63, 3.8) is 0 Å². The van der Waals surface area contributed by atoms with Gasteiger partial charge in [-0.15, -0.1) is 0 Å². The number of aliphatic hydroxyl groups excluding tert-OH is 4. The van der Waals surface area contributed by atoms with Crippen LogP contribution in [-0.4, -0.2) is 50.6 Å². The second kappa shape index (κ2) is 5.41. The molecular formula is C9H19NO4. The van der Waals surface area contributed by atoms with Gasteiger partial charge < -0.3 is 25.8 Å². The Balaban J connectivity index is 4.38. The first kappa shape index (κ1) is 13.5. The lowest BCUT2D eigenvalue weighted by Gasteiger charge is -2.26. The topological polar surface area (TPSA) is 105 Å². The zero-order valence-corrected chi connectivity index (χ0v) is 8.68. The van der Waals surface area contributed by atoms with Gasteiger partial charge in [0.2, 0.25) is 0 Å². The molecule has 0 aliphatic carbocycles. The molecule has 0 spiro atoms. The van der Waals surface area contributed by atoms with Crippen LogP contribution in [0.15, 0.2) is 0 Å². The lowest BCUT2D eigenvalue weighted by Crippen LogP contribution is -2.47. The molecule has 0 bridgehead atoms. The second-order valence-corrected chi connectivity index (χ2v) is 3.78. The van der Waals surface area contributed by atoms with Crippen LogP contribution in [0.1, 0.15) is 20.8 Å². The van der Waals surface area contributed by atoms with Crippen LogP contribution in [0.4, 0.5) is 0 Å². The molecule has 0 aliphatic rings. The minimum Gasteiger partial charge on any atom is -0.391 e. The average Bonchev–Trinajstić information content (AvgIpc) is 2.12. The third-order valence-corrected chi connectivity index (χ3v) is 2.11. The lowest BCUT2D eigenvalue weighted by molar-refractivity contribution is -0.0839. The Labute approximate surface area is 83.5 Å². The van der Waals surface area contributed by atoms with Crippen molar-refractivity contribution in [2.45, 2.75) is 45.2 Å². The molecule has 84 valence electrons. The Morgan fingerprint density at radius 1 is 0.929 bits per heavy atom. The van der Waals surface area contributed by atoms with Crippen molar-refractivity contribution in [2.75, 3.05) is 0 Å². The minimum absolute atomic E-state index is 0.0581. The van der Waals surface area contributed by atoms with Crippen molar-refractivity contribution < 1.29 is 20.4 Å². The van der Waals surface area contributed by atoms with Crippen LogP contribution in [0.2, 0.25) is 0 Å². The third-order valence-electron chi connectivity index (χ3n) is 2.11. The Bertz CT molecular complexity index is 193. The Morgan fingerprint density at radius 2 is 1.36 bits per heavy atom. The summed E-state index contributed by atoms with van der Waals surface area (Å²) >= 11 is 0. The van der Waals surface area contributed by atoms with Crippen LogP contribution in [0.5, 0.6) is 0 Å². The van der Waals surface area contributed by atoms with E-state index in [2.05, 4.69) is 0 Å². The first-order valence-electron chi connectivity index (χ1n) is 4.59. The van der Waals surface area contributed by atoms with Gasteiger partial charge in [0.1, 0.15) is 18.3 Å². The molecule has 0 saturated heterocycles. The van der Waals surface area contributed by atoms with Gasteiger partial charge in [0.25, 0.3) is 0 Å². The number of hydrogen-bond acceptors (Lipinski definition) is 5. The predicted molar refractivity (Wildman–Crippen MR) is 52.3 cm³/mol. The van der Waals surface area contributed by atoms with E-state index < -0.39 is 24.4 Å². The number of aliphatic hydroxyl groups is 4. The fourth-order valence-electron chi connectivity index (χ4n) is 0.998. The van der Waals surface area contributed by atoms with Gasteiger partial charge in [-0.05, 0) is 12.8 Å². The second-order valence-electron chi connectivity index (χ2n) is 3.78. The highest BCUT2D eigenvalue weighted by Gasteiger charge is 2.31. The zero-order valence-electron chi connectivity index (χ0n) is 8.68. The summed E-state index contributed by atoms with van der Waals surface area (Å²) in [7, 11) is 0. The van der Waals surface area contributed by atoms with Gasteiger partial charge in [-0.25, -0.2) is 0 Å². The number of rotatable bonds is 5. The van der Waals surface area contributed by atoms with E-state index in [4.69, 9.17) is 10.5 Å². The SMILES string of the molecule is CC(C)C(=N)C(O)C(O)C(O)C(C)O. The average molecular weight is 205 g/mol. The summed E-state index contributed by atoms with van der Waals surface area (Å²) in [6.07, 6.45) is -5.53. The molecule has 0 radical (unpaired) electrons. The van der Waals surface area contributed by atoms with Gasteiger partial charge >= 0.3 is 0 Å². The van der Waals surface area contributed by atoms with Gasteiger partial charge in [0, 0.05) is 5.71 Å². The van der Waals surface area contributed by atoms with Crippen LogP contribution in [0.3, 0.4) is 0 Å². The summed E-state index contributed by atoms with van der Waals surface area (Å²) in [5.74, 6) is -0.208. The maximum Gasteiger partial charge on any atom is 0.120 e. The van der Waals surface area contributed by atoms with E-state index >= 15 is 0 Å². The van der Waals surface area contributed by atoms with Gasteiger partial charge in [-0.3, -0.25) is 0 Å². The molecule has 0 amide bonds. The van der Waals surface area contributed by atoms with Gasteiger partial charge in [-0.1, -0.05) is 13.8 Å². The van der Waals surface area contributed by atoms with Crippen LogP contribution >= 0.6 is 0 Å². The Kier molecular flexibility index (Phi) is 5.22. The minimum atomic E-state index is -1.52. The molecule has 4 unspecified atom stereocenters. The lowest BCUT2D eigenvalue weighted by atomic mass is 9.94.